The van der Waals surface area contributed by atoms with Crippen LogP contribution in [0.25, 0.3) is 66.8 Å². The van der Waals surface area contributed by atoms with Gasteiger partial charge in [0.25, 0.3) is 0 Å². The Morgan fingerprint density at radius 2 is 0.435 bits per heavy atom. The summed E-state index contributed by atoms with van der Waals surface area (Å²) in [6.07, 6.45) is 0. The lowest BCUT2D eigenvalue weighted by Crippen LogP contribution is -2.65. The predicted molar refractivity (Wildman–Crippen MR) is 271 cm³/mol. The molecule has 0 aliphatic rings. The largest absolute Gasteiger partial charge is 0.249 e. The predicted octanol–water partition coefficient (Wildman–Crippen LogP) is 14.7. The molecule has 0 bridgehead atoms. The molecule has 0 saturated carbocycles. The second kappa shape index (κ2) is 17.1. The summed E-state index contributed by atoms with van der Waals surface area (Å²) in [5.74, 6) is 0. The minimum absolute atomic E-state index is 1.16. The lowest BCUT2D eigenvalue weighted by Gasteiger charge is -2.37. The van der Waals surface area contributed by atoms with Gasteiger partial charge in [-0.05, 0) is 157 Å². The van der Waals surface area contributed by atoms with E-state index in [1.165, 1.54) is 99.0 Å². The SMILES string of the molecule is Cc1cc([Si](Cl)(c2cc(C)c(C)c(-c3ccccc3)c2-c2ccccc2)c2cc(C)c(C)c(-c3ccccc3)c2-c2ccccc2)c(-c2ccccc2)c(-c2ccccc2)c1C. The van der Waals surface area contributed by atoms with Crippen LogP contribution < -0.4 is 15.6 Å². The summed E-state index contributed by atoms with van der Waals surface area (Å²) < 4.78 is 0. The van der Waals surface area contributed by atoms with E-state index < -0.39 is 7.38 Å². The highest BCUT2D eigenvalue weighted by Crippen LogP contribution is 2.43. The van der Waals surface area contributed by atoms with Gasteiger partial charge in [-0.3, -0.25) is 0 Å². The molecule has 0 heterocycles. The molecule has 0 aliphatic heterocycles. The zero-order chi connectivity index (χ0) is 43.0. The van der Waals surface area contributed by atoms with Crippen LogP contribution in [0, 0.1) is 41.5 Å². The second-order valence-corrected chi connectivity index (χ2v) is 21.3. The molecule has 0 saturated heterocycles. The van der Waals surface area contributed by atoms with Gasteiger partial charge >= 0.3 is 0 Å². The third kappa shape index (κ3) is 7.16. The van der Waals surface area contributed by atoms with Crippen LogP contribution in [0.4, 0.5) is 0 Å². The average molecular weight is 836 g/mol. The minimum atomic E-state index is -3.74. The number of hydrogen-bond acceptors (Lipinski definition) is 0. The Morgan fingerprint density at radius 1 is 0.258 bits per heavy atom. The monoisotopic (exact) mass is 834 g/mol. The Morgan fingerprint density at radius 3 is 0.629 bits per heavy atom. The summed E-state index contributed by atoms with van der Waals surface area (Å²) in [7, 11) is -3.74. The highest BCUT2D eigenvalue weighted by molar-refractivity contribution is 7.41. The molecule has 0 spiro atoms. The van der Waals surface area contributed by atoms with Crippen molar-refractivity contribution in [2.75, 3.05) is 0 Å². The van der Waals surface area contributed by atoms with Crippen LogP contribution in [0.3, 0.4) is 0 Å². The molecular formula is C60H51ClSi. The summed E-state index contributed by atoms with van der Waals surface area (Å²) in [4.78, 5) is 0. The lowest BCUT2D eigenvalue weighted by atomic mass is 9.88. The van der Waals surface area contributed by atoms with Gasteiger partial charge in [-0.1, -0.05) is 200 Å². The molecule has 9 rings (SSSR count). The third-order valence-corrected chi connectivity index (χ3v) is 18.3. The quantitative estimate of drug-likeness (QED) is 0.0772. The second-order valence-electron chi connectivity index (χ2n) is 16.7. The minimum Gasteiger partial charge on any atom is -0.149 e. The molecule has 62 heavy (non-hydrogen) atoms. The van der Waals surface area contributed by atoms with Crippen LogP contribution in [0.2, 0.25) is 0 Å². The van der Waals surface area contributed by atoms with Crippen molar-refractivity contribution in [2.45, 2.75) is 41.5 Å². The van der Waals surface area contributed by atoms with Crippen LogP contribution >= 0.6 is 11.1 Å². The first-order valence-electron chi connectivity index (χ1n) is 21.6. The van der Waals surface area contributed by atoms with Gasteiger partial charge in [-0.25, -0.2) is 0 Å². The standard InChI is InChI=1S/C60H51ClSi/c1-40-37-52(58(49-31-19-10-20-32-49)55(43(40)4)46-25-13-7-14-26-46)62(61,53-38-41(2)44(5)56(47-27-15-8-16-28-47)59(53)50-33-21-11-22-34-50)54-39-42(3)45(6)57(48-29-17-9-18-30-48)60(54)51-35-23-12-24-36-51/h7-39H,1-6H3. The van der Waals surface area contributed by atoms with Gasteiger partial charge in [0.15, 0.2) is 0 Å². The van der Waals surface area contributed by atoms with Crippen LogP contribution in [-0.2, 0) is 0 Å². The molecule has 0 aliphatic carbocycles. The van der Waals surface area contributed by atoms with Crippen molar-refractivity contribution in [3.8, 4) is 66.8 Å². The smallest absolute Gasteiger partial charge is 0.149 e. The van der Waals surface area contributed by atoms with Gasteiger partial charge < -0.3 is 0 Å². The zero-order valence-electron chi connectivity index (χ0n) is 36.4. The molecule has 0 fully saturated rings. The summed E-state index contributed by atoms with van der Waals surface area (Å²) in [6, 6.07) is 73.1. The van der Waals surface area contributed by atoms with Crippen LogP contribution in [0.5, 0.6) is 0 Å². The van der Waals surface area contributed by atoms with E-state index in [0.717, 1.165) is 16.7 Å². The van der Waals surface area contributed by atoms with E-state index in [0.29, 0.717) is 0 Å². The first-order valence-corrected chi connectivity index (χ1v) is 24.6. The normalized spacial score (nSPS) is 11.5. The van der Waals surface area contributed by atoms with Gasteiger partial charge in [0.2, 0.25) is 7.38 Å². The van der Waals surface area contributed by atoms with Crippen molar-refractivity contribution in [3.63, 3.8) is 0 Å². The fourth-order valence-electron chi connectivity index (χ4n) is 9.61. The molecular weight excluding hydrogens is 784 g/mol. The maximum Gasteiger partial charge on any atom is 0.249 e. The summed E-state index contributed by atoms with van der Waals surface area (Å²) in [5, 5.41) is 3.56. The molecule has 0 unspecified atom stereocenters. The molecule has 2 heteroatoms. The van der Waals surface area contributed by atoms with E-state index in [1.807, 2.05) is 0 Å². The van der Waals surface area contributed by atoms with Crippen molar-refractivity contribution >= 4 is 34.0 Å². The van der Waals surface area contributed by atoms with Gasteiger partial charge in [-0.15, -0.1) is 11.1 Å². The third-order valence-electron chi connectivity index (χ3n) is 13.0. The van der Waals surface area contributed by atoms with Crippen molar-refractivity contribution in [2.24, 2.45) is 0 Å². The van der Waals surface area contributed by atoms with E-state index in [4.69, 9.17) is 0 Å². The first-order chi connectivity index (χ1) is 30.2. The Balaban J connectivity index is 1.58. The highest BCUT2D eigenvalue weighted by atomic mass is 35.6. The molecule has 0 atom stereocenters. The van der Waals surface area contributed by atoms with Crippen molar-refractivity contribution in [1.29, 1.82) is 0 Å². The molecule has 9 aromatic rings. The first kappa shape index (κ1) is 40.9. The molecule has 0 aromatic heterocycles. The number of benzene rings is 9. The molecule has 0 amide bonds. The molecule has 302 valence electrons. The maximum absolute atomic E-state index is 9.47. The number of rotatable bonds is 9. The molecule has 0 N–H and O–H groups in total. The molecule has 9 aromatic carbocycles. The number of hydrogen-bond donors (Lipinski definition) is 0. The fraction of sp³-hybridized carbons (Fsp3) is 0.100. The van der Waals surface area contributed by atoms with E-state index in [9.17, 15) is 11.1 Å². The van der Waals surface area contributed by atoms with Crippen LogP contribution in [0.15, 0.2) is 200 Å². The van der Waals surface area contributed by atoms with E-state index in [-0.39, 0.29) is 0 Å². The zero-order valence-corrected chi connectivity index (χ0v) is 38.2. The Kier molecular flexibility index (Phi) is 11.3. The van der Waals surface area contributed by atoms with E-state index in [2.05, 4.69) is 242 Å². The highest BCUT2D eigenvalue weighted by Gasteiger charge is 2.46. The van der Waals surface area contributed by atoms with Gasteiger partial charge in [0, 0.05) is 0 Å². The molecule has 0 radical (unpaired) electrons. The Labute approximate surface area is 373 Å². The van der Waals surface area contributed by atoms with E-state index in [1.54, 1.807) is 0 Å². The maximum atomic E-state index is 9.47. The topological polar surface area (TPSA) is 0 Å². The van der Waals surface area contributed by atoms with Crippen molar-refractivity contribution in [3.05, 3.63) is 234 Å². The summed E-state index contributed by atoms with van der Waals surface area (Å²) in [5.41, 5.74) is 21.7. The Bertz CT molecular complexity index is 2700. The average Bonchev–Trinajstić information content (AvgIpc) is 3.32. The number of halogens is 1. The van der Waals surface area contributed by atoms with Crippen molar-refractivity contribution < 1.29 is 0 Å². The van der Waals surface area contributed by atoms with Crippen LogP contribution in [0.1, 0.15) is 33.4 Å². The Hall–Kier alpha value is -6.51. The molecule has 0 nitrogen and oxygen atoms in total. The van der Waals surface area contributed by atoms with E-state index >= 15 is 0 Å². The summed E-state index contributed by atoms with van der Waals surface area (Å²) in [6.45, 7) is 13.7. The van der Waals surface area contributed by atoms with Crippen molar-refractivity contribution in [1.82, 2.24) is 0 Å². The van der Waals surface area contributed by atoms with Crippen LogP contribution in [-0.4, -0.2) is 7.38 Å². The summed E-state index contributed by atoms with van der Waals surface area (Å²) >= 11 is 9.47. The van der Waals surface area contributed by atoms with Gasteiger partial charge in [-0.2, -0.15) is 0 Å². The number of aryl methyl sites for hydroxylation is 3. The van der Waals surface area contributed by atoms with Gasteiger partial charge in [0.1, 0.15) is 0 Å². The fourth-order valence-corrected chi connectivity index (χ4v) is 14.9. The lowest BCUT2D eigenvalue weighted by molar-refractivity contribution is 1.34. The van der Waals surface area contributed by atoms with Gasteiger partial charge in [0.05, 0.1) is 0 Å².